The summed E-state index contributed by atoms with van der Waals surface area (Å²) in [5, 5.41) is 19.9. The molecule has 1 heterocycles. The number of aliphatic hydroxyl groups is 1. The highest BCUT2D eigenvalue weighted by Crippen LogP contribution is 2.21. The summed E-state index contributed by atoms with van der Waals surface area (Å²) in [6, 6.07) is 3.02. The molecule has 1 saturated heterocycles. The number of likely N-dealkylation sites (tertiary alicyclic amines) is 1. The predicted octanol–water partition coefficient (Wildman–Crippen LogP) is 0.941. The standard InChI is InChI=1S/C11H11FN2O4/c12-9-2-1-7(5-10(9)14(17)18)11(16)13-4-3-8(15)6-13/h1-2,5,8,15H,3-4,6H2/t8-/m1/s1. The Labute approximate surface area is 102 Å². The minimum atomic E-state index is -0.974. The van der Waals surface area contributed by atoms with E-state index in [2.05, 4.69) is 0 Å². The number of carbonyl (C=O) groups is 1. The highest BCUT2D eigenvalue weighted by Gasteiger charge is 2.27. The zero-order valence-corrected chi connectivity index (χ0v) is 9.38. The largest absolute Gasteiger partial charge is 0.391 e. The number of nitrogens with zero attached hydrogens (tertiary/aromatic N) is 2. The number of hydrogen-bond donors (Lipinski definition) is 1. The van der Waals surface area contributed by atoms with E-state index in [4.69, 9.17) is 0 Å². The first kappa shape index (κ1) is 12.4. The van der Waals surface area contributed by atoms with E-state index >= 15 is 0 Å². The molecule has 1 N–H and O–H groups in total. The van der Waals surface area contributed by atoms with Crippen molar-refractivity contribution >= 4 is 11.6 Å². The zero-order chi connectivity index (χ0) is 13.3. The van der Waals surface area contributed by atoms with Crippen molar-refractivity contribution in [3.8, 4) is 0 Å². The van der Waals surface area contributed by atoms with Gasteiger partial charge in [-0.1, -0.05) is 0 Å². The minimum absolute atomic E-state index is 0.0530. The third-order valence-corrected chi connectivity index (χ3v) is 2.84. The van der Waals surface area contributed by atoms with Gasteiger partial charge >= 0.3 is 5.69 Å². The fraction of sp³-hybridized carbons (Fsp3) is 0.364. The van der Waals surface area contributed by atoms with Crippen LogP contribution in [0.15, 0.2) is 18.2 Å². The van der Waals surface area contributed by atoms with Gasteiger partial charge in [0.2, 0.25) is 5.82 Å². The van der Waals surface area contributed by atoms with Crippen LogP contribution in [0.2, 0.25) is 0 Å². The Bertz CT molecular complexity index is 506. The highest BCUT2D eigenvalue weighted by molar-refractivity contribution is 5.95. The third-order valence-electron chi connectivity index (χ3n) is 2.84. The van der Waals surface area contributed by atoms with Gasteiger partial charge in [-0.25, -0.2) is 0 Å². The summed E-state index contributed by atoms with van der Waals surface area (Å²) < 4.78 is 13.1. The molecule has 1 fully saturated rings. The summed E-state index contributed by atoms with van der Waals surface area (Å²) in [6.45, 7) is 0.592. The van der Waals surface area contributed by atoms with Crippen molar-refractivity contribution < 1.29 is 19.2 Å². The molecular weight excluding hydrogens is 243 g/mol. The maximum atomic E-state index is 13.1. The smallest absolute Gasteiger partial charge is 0.305 e. The molecule has 1 aromatic rings. The Kier molecular flexibility index (Phi) is 3.24. The van der Waals surface area contributed by atoms with E-state index in [1.807, 2.05) is 0 Å². The number of amides is 1. The molecular formula is C11H11FN2O4. The van der Waals surface area contributed by atoms with Gasteiger partial charge < -0.3 is 10.0 Å². The average molecular weight is 254 g/mol. The Morgan fingerprint density at radius 3 is 2.83 bits per heavy atom. The van der Waals surface area contributed by atoms with Crippen molar-refractivity contribution in [2.45, 2.75) is 12.5 Å². The Morgan fingerprint density at radius 2 is 2.28 bits per heavy atom. The molecule has 18 heavy (non-hydrogen) atoms. The second-order valence-electron chi connectivity index (χ2n) is 4.12. The van der Waals surface area contributed by atoms with Crippen LogP contribution < -0.4 is 0 Å². The Morgan fingerprint density at radius 1 is 1.56 bits per heavy atom. The molecule has 0 aromatic heterocycles. The van der Waals surface area contributed by atoms with Crippen LogP contribution in [0.1, 0.15) is 16.8 Å². The summed E-state index contributed by atoms with van der Waals surface area (Å²) in [4.78, 5) is 23.0. The third kappa shape index (κ3) is 2.30. The van der Waals surface area contributed by atoms with Gasteiger partial charge in [0.25, 0.3) is 5.91 Å². The normalized spacial score (nSPS) is 19.0. The second kappa shape index (κ2) is 4.69. The zero-order valence-electron chi connectivity index (χ0n) is 9.38. The summed E-state index contributed by atoms with van der Waals surface area (Å²) in [7, 11) is 0. The minimum Gasteiger partial charge on any atom is -0.391 e. The molecule has 0 saturated carbocycles. The van der Waals surface area contributed by atoms with E-state index in [1.54, 1.807) is 0 Å². The summed E-state index contributed by atoms with van der Waals surface area (Å²) >= 11 is 0. The van der Waals surface area contributed by atoms with Gasteiger partial charge in [-0.3, -0.25) is 14.9 Å². The molecule has 2 rings (SSSR count). The molecule has 0 unspecified atom stereocenters. The monoisotopic (exact) mass is 254 g/mol. The summed E-state index contributed by atoms with van der Waals surface area (Å²) in [5.74, 6) is -1.41. The second-order valence-corrected chi connectivity index (χ2v) is 4.12. The number of nitro benzene ring substituents is 1. The lowest BCUT2D eigenvalue weighted by Crippen LogP contribution is -2.29. The molecule has 0 bridgehead atoms. The lowest BCUT2D eigenvalue weighted by Gasteiger charge is -2.15. The van der Waals surface area contributed by atoms with Crippen molar-refractivity contribution in [1.82, 2.24) is 4.90 Å². The Hall–Kier alpha value is -2.02. The number of β-amino-alcohol motifs (C(OH)–C–C–N with tert-alkyl or cyclic N) is 1. The SMILES string of the molecule is O=C(c1ccc(F)c([N+](=O)[O-])c1)N1CC[C@@H](O)C1. The lowest BCUT2D eigenvalue weighted by molar-refractivity contribution is -0.387. The van der Waals surface area contributed by atoms with Crippen LogP contribution in [-0.4, -0.2) is 40.0 Å². The topological polar surface area (TPSA) is 83.7 Å². The molecule has 6 nitrogen and oxygen atoms in total. The molecule has 1 atom stereocenters. The van der Waals surface area contributed by atoms with E-state index in [0.717, 1.165) is 12.1 Å². The van der Waals surface area contributed by atoms with Crippen molar-refractivity contribution in [2.24, 2.45) is 0 Å². The fourth-order valence-electron chi connectivity index (χ4n) is 1.89. The summed E-state index contributed by atoms with van der Waals surface area (Å²) in [6.07, 6.45) is -0.0842. The van der Waals surface area contributed by atoms with E-state index in [1.165, 1.54) is 11.0 Å². The van der Waals surface area contributed by atoms with Crippen molar-refractivity contribution in [3.63, 3.8) is 0 Å². The maximum Gasteiger partial charge on any atom is 0.305 e. The van der Waals surface area contributed by atoms with Crippen LogP contribution in [0.25, 0.3) is 0 Å². The van der Waals surface area contributed by atoms with Gasteiger partial charge in [-0.05, 0) is 18.6 Å². The predicted molar refractivity (Wildman–Crippen MR) is 59.6 cm³/mol. The highest BCUT2D eigenvalue weighted by atomic mass is 19.1. The van der Waals surface area contributed by atoms with Crippen molar-refractivity contribution in [3.05, 3.63) is 39.7 Å². The lowest BCUT2D eigenvalue weighted by atomic mass is 10.1. The van der Waals surface area contributed by atoms with Crippen LogP contribution in [0.3, 0.4) is 0 Å². The van der Waals surface area contributed by atoms with E-state index in [9.17, 15) is 24.4 Å². The molecule has 0 radical (unpaired) electrons. The van der Waals surface area contributed by atoms with E-state index in [0.29, 0.717) is 13.0 Å². The molecule has 1 aliphatic rings. The number of aliphatic hydroxyl groups excluding tert-OH is 1. The number of halogens is 1. The molecule has 7 heteroatoms. The first-order valence-electron chi connectivity index (χ1n) is 5.40. The van der Waals surface area contributed by atoms with E-state index in [-0.39, 0.29) is 12.1 Å². The van der Waals surface area contributed by atoms with Gasteiger partial charge in [0.15, 0.2) is 0 Å². The molecule has 96 valence electrons. The first-order valence-corrected chi connectivity index (χ1v) is 5.40. The van der Waals surface area contributed by atoms with Crippen LogP contribution in [0.4, 0.5) is 10.1 Å². The van der Waals surface area contributed by atoms with Crippen molar-refractivity contribution in [1.29, 1.82) is 0 Å². The van der Waals surface area contributed by atoms with Gasteiger partial charge in [0.1, 0.15) is 0 Å². The quantitative estimate of drug-likeness (QED) is 0.628. The number of nitro groups is 1. The van der Waals surface area contributed by atoms with Gasteiger partial charge in [0, 0.05) is 24.7 Å². The number of rotatable bonds is 2. The van der Waals surface area contributed by atoms with Gasteiger partial charge in [-0.2, -0.15) is 4.39 Å². The maximum absolute atomic E-state index is 13.1. The number of carbonyl (C=O) groups excluding carboxylic acids is 1. The fourth-order valence-corrected chi connectivity index (χ4v) is 1.89. The van der Waals surface area contributed by atoms with Crippen LogP contribution in [0, 0.1) is 15.9 Å². The van der Waals surface area contributed by atoms with Crippen LogP contribution >= 0.6 is 0 Å². The van der Waals surface area contributed by atoms with Gasteiger partial charge in [-0.15, -0.1) is 0 Å². The Balaban J connectivity index is 2.26. The van der Waals surface area contributed by atoms with Crippen LogP contribution in [-0.2, 0) is 0 Å². The summed E-state index contributed by atoms with van der Waals surface area (Å²) in [5.41, 5.74) is -0.669. The van der Waals surface area contributed by atoms with Gasteiger partial charge in [0.05, 0.1) is 11.0 Å². The van der Waals surface area contributed by atoms with E-state index < -0.39 is 28.4 Å². The molecule has 1 aromatic carbocycles. The number of hydrogen-bond acceptors (Lipinski definition) is 4. The van der Waals surface area contributed by atoms with Crippen molar-refractivity contribution in [2.75, 3.05) is 13.1 Å². The number of benzene rings is 1. The first-order chi connectivity index (χ1) is 8.49. The molecule has 0 spiro atoms. The molecule has 0 aliphatic carbocycles. The van der Waals surface area contributed by atoms with Crippen LogP contribution in [0.5, 0.6) is 0 Å². The molecule has 1 aliphatic heterocycles. The molecule has 1 amide bonds. The average Bonchev–Trinajstić information content (AvgIpc) is 2.75.